The number of anilines is 2. The molecule has 2 N–H and O–H groups in total. The van der Waals surface area contributed by atoms with E-state index in [9.17, 15) is 4.79 Å². The van der Waals surface area contributed by atoms with E-state index < -0.39 is 0 Å². The molecule has 4 heterocycles. The SMILES string of the molecule is COCCN1C(=O)[C@H]2CC[C@@H]1CN(c1nc(N)nc3c1CCCC3)C2. The van der Waals surface area contributed by atoms with Gasteiger partial charge in [0.2, 0.25) is 11.9 Å². The zero-order valence-electron chi connectivity index (χ0n) is 14.9. The number of nitrogens with zero attached hydrogens (tertiary/aromatic N) is 4. The fourth-order valence-corrected chi connectivity index (χ4v) is 4.55. The van der Waals surface area contributed by atoms with E-state index in [0.29, 0.717) is 19.1 Å². The molecule has 4 aliphatic rings. The zero-order chi connectivity index (χ0) is 17.4. The number of amides is 1. The number of aryl methyl sites for hydroxylation is 1. The molecule has 1 aliphatic carbocycles. The molecular formula is C18H27N5O2. The van der Waals surface area contributed by atoms with E-state index in [2.05, 4.69) is 14.9 Å². The largest absolute Gasteiger partial charge is 0.383 e. The lowest BCUT2D eigenvalue weighted by Crippen LogP contribution is -2.49. The van der Waals surface area contributed by atoms with Crippen LogP contribution in [0.2, 0.25) is 0 Å². The van der Waals surface area contributed by atoms with E-state index in [0.717, 1.165) is 56.7 Å². The van der Waals surface area contributed by atoms with Crippen molar-refractivity contribution in [3.05, 3.63) is 11.3 Å². The van der Waals surface area contributed by atoms with Crippen LogP contribution >= 0.6 is 0 Å². The molecule has 2 bridgehead atoms. The monoisotopic (exact) mass is 345 g/mol. The van der Waals surface area contributed by atoms with Crippen molar-refractivity contribution in [2.45, 2.75) is 44.6 Å². The molecule has 7 nitrogen and oxygen atoms in total. The second-order valence-electron chi connectivity index (χ2n) is 7.40. The summed E-state index contributed by atoms with van der Waals surface area (Å²) in [7, 11) is 1.68. The summed E-state index contributed by atoms with van der Waals surface area (Å²) < 4.78 is 5.20. The van der Waals surface area contributed by atoms with Crippen LogP contribution in [0, 0.1) is 5.92 Å². The van der Waals surface area contributed by atoms with Gasteiger partial charge < -0.3 is 20.3 Å². The first kappa shape index (κ1) is 16.6. The van der Waals surface area contributed by atoms with Crippen molar-refractivity contribution in [2.24, 2.45) is 5.92 Å². The topological polar surface area (TPSA) is 84.6 Å². The highest BCUT2D eigenvalue weighted by molar-refractivity contribution is 5.81. The summed E-state index contributed by atoms with van der Waals surface area (Å²) in [4.78, 5) is 26.2. The van der Waals surface area contributed by atoms with E-state index >= 15 is 0 Å². The third-order valence-corrected chi connectivity index (χ3v) is 5.81. The van der Waals surface area contributed by atoms with Gasteiger partial charge in [0, 0.05) is 38.3 Å². The molecule has 0 unspecified atom stereocenters. The van der Waals surface area contributed by atoms with E-state index in [1.807, 2.05) is 4.90 Å². The minimum Gasteiger partial charge on any atom is -0.383 e. The lowest BCUT2D eigenvalue weighted by Gasteiger charge is -2.35. The second kappa shape index (κ2) is 6.78. The Morgan fingerprint density at radius 2 is 2.04 bits per heavy atom. The predicted molar refractivity (Wildman–Crippen MR) is 95.4 cm³/mol. The van der Waals surface area contributed by atoms with Gasteiger partial charge in [0.25, 0.3) is 0 Å². The smallest absolute Gasteiger partial charge is 0.227 e. The third-order valence-electron chi connectivity index (χ3n) is 5.81. The van der Waals surface area contributed by atoms with E-state index in [4.69, 9.17) is 10.5 Å². The predicted octanol–water partition coefficient (Wildman–Crippen LogP) is 1.01. The maximum absolute atomic E-state index is 12.8. The summed E-state index contributed by atoms with van der Waals surface area (Å²) >= 11 is 0. The van der Waals surface area contributed by atoms with Crippen LogP contribution in [0.3, 0.4) is 0 Å². The van der Waals surface area contributed by atoms with Gasteiger partial charge in [-0.25, -0.2) is 4.98 Å². The minimum absolute atomic E-state index is 0.0473. The van der Waals surface area contributed by atoms with Crippen LogP contribution in [-0.4, -0.2) is 60.2 Å². The highest BCUT2D eigenvalue weighted by Crippen LogP contribution is 2.34. The average molecular weight is 345 g/mol. The molecule has 3 fully saturated rings. The Morgan fingerprint density at radius 3 is 2.88 bits per heavy atom. The van der Waals surface area contributed by atoms with Crippen LogP contribution in [0.4, 0.5) is 11.8 Å². The number of nitrogens with two attached hydrogens (primary N) is 1. The normalized spacial score (nSPS) is 25.9. The van der Waals surface area contributed by atoms with Gasteiger partial charge in [-0.15, -0.1) is 0 Å². The number of carbonyl (C=O) groups is 1. The molecule has 1 amide bonds. The van der Waals surface area contributed by atoms with Crippen molar-refractivity contribution >= 4 is 17.7 Å². The molecular weight excluding hydrogens is 318 g/mol. The lowest BCUT2D eigenvalue weighted by molar-refractivity contribution is -0.140. The number of methoxy groups -OCH3 is 1. The first-order valence-corrected chi connectivity index (χ1v) is 9.37. The number of piperidine rings is 1. The summed E-state index contributed by atoms with van der Waals surface area (Å²) in [5.41, 5.74) is 8.34. The molecule has 25 heavy (non-hydrogen) atoms. The quantitative estimate of drug-likeness (QED) is 0.877. The van der Waals surface area contributed by atoms with E-state index in [1.165, 1.54) is 12.0 Å². The average Bonchev–Trinajstić information content (AvgIpc) is 2.90. The summed E-state index contributed by atoms with van der Waals surface area (Å²) in [6.07, 6.45) is 6.35. The van der Waals surface area contributed by atoms with Crippen molar-refractivity contribution in [1.82, 2.24) is 14.9 Å². The first-order valence-electron chi connectivity index (χ1n) is 9.37. The van der Waals surface area contributed by atoms with Gasteiger partial charge in [0.05, 0.1) is 18.2 Å². The molecule has 0 radical (unpaired) electrons. The fourth-order valence-electron chi connectivity index (χ4n) is 4.55. The van der Waals surface area contributed by atoms with Gasteiger partial charge in [0.15, 0.2) is 0 Å². The molecule has 3 aliphatic heterocycles. The zero-order valence-corrected chi connectivity index (χ0v) is 14.9. The molecule has 0 spiro atoms. The van der Waals surface area contributed by atoms with Crippen LogP contribution in [0.5, 0.6) is 0 Å². The number of hydrogen-bond donors (Lipinski definition) is 1. The van der Waals surface area contributed by atoms with E-state index in [1.54, 1.807) is 7.11 Å². The van der Waals surface area contributed by atoms with Crippen LogP contribution in [0.25, 0.3) is 0 Å². The summed E-state index contributed by atoms with van der Waals surface area (Å²) in [5.74, 6) is 1.65. The van der Waals surface area contributed by atoms with Gasteiger partial charge in [-0.2, -0.15) is 4.98 Å². The fraction of sp³-hybridized carbons (Fsp3) is 0.722. The Bertz CT molecular complexity index is 665. The number of carbonyl (C=O) groups excluding carboxylic acids is 1. The van der Waals surface area contributed by atoms with Crippen molar-refractivity contribution in [2.75, 3.05) is 44.0 Å². The van der Waals surface area contributed by atoms with Crippen molar-refractivity contribution in [3.8, 4) is 0 Å². The van der Waals surface area contributed by atoms with Crippen molar-refractivity contribution < 1.29 is 9.53 Å². The lowest BCUT2D eigenvalue weighted by atomic mass is 9.94. The number of rotatable bonds is 4. The van der Waals surface area contributed by atoms with Crippen molar-refractivity contribution in [3.63, 3.8) is 0 Å². The van der Waals surface area contributed by atoms with Gasteiger partial charge in [-0.3, -0.25) is 4.79 Å². The molecule has 1 aromatic rings. The molecule has 2 atom stereocenters. The highest BCUT2D eigenvalue weighted by atomic mass is 16.5. The Morgan fingerprint density at radius 1 is 1.20 bits per heavy atom. The number of fused-ring (bicyclic) bond motifs is 5. The van der Waals surface area contributed by atoms with Crippen LogP contribution in [0.1, 0.15) is 36.9 Å². The molecule has 136 valence electrons. The van der Waals surface area contributed by atoms with Gasteiger partial charge in [0.1, 0.15) is 5.82 Å². The summed E-state index contributed by atoms with van der Waals surface area (Å²) in [6, 6.07) is 0.233. The maximum atomic E-state index is 12.8. The second-order valence-corrected chi connectivity index (χ2v) is 7.40. The van der Waals surface area contributed by atoms with Gasteiger partial charge in [-0.05, 0) is 38.5 Å². The molecule has 5 rings (SSSR count). The molecule has 1 aromatic heterocycles. The van der Waals surface area contributed by atoms with Crippen LogP contribution in [0.15, 0.2) is 0 Å². The van der Waals surface area contributed by atoms with Gasteiger partial charge >= 0.3 is 0 Å². The number of ether oxygens (including phenoxy) is 1. The van der Waals surface area contributed by atoms with Crippen LogP contribution < -0.4 is 10.6 Å². The summed E-state index contributed by atoms with van der Waals surface area (Å²) in [5, 5.41) is 0. The Kier molecular flexibility index (Phi) is 4.50. The molecule has 0 saturated carbocycles. The third kappa shape index (κ3) is 3.05. The molecule has 7 heteroatoms. The van der Waals surface area contributed by atoms with E-state index in [-0.39, 0.29) is 17.9 Å². The van der Waals surface area contributed by atoms with Crippen molar-refractivity contribution in [1.29, 1.82) is 0 Å². The number of aromatic nitrogens is 2. The number of hydrogen-bond acceptors (Lipinski definition) is 6. The minimum atomic E-state index is 0.0473. The number of nitrogen functional groups attached to an aromatic ring is 1. The first-order chi connectivity index (χ1) is 12.2. The maximum Gasteiger partial charge on any atom is 0.227 e. The van der Waals surface area contributed by atoms with Gasteiger partial charge in [-0.1, -0.05) is 0 Å². The molecule has 0 aromatic carbocycles. The molecule has 3 saturated heterocycles. The Balaban J connectivity index is 1.65. The standard InChI is InChI=1S/C18H27N5O2/c1-25-9-8-23-13-7-6-12(17(23)24)10-22(11-13)16-14-4-2-3-5-15(14)20-18(19)21-16/h12-13H,2-11H2,1H3,(H2,19,20,21)/t12-,13+/m0/s1. The highest BCUT2D eigenvalue weighted by Gasteiger charge is 2.41. The Hall–Kier alpha value is -1.89. The Labute approximate surface area is 148 Å². The van der Waals surface area contributed by atoms with Crippen LogP contribution in [-0.2, 0) is 22.4 Å². The summed E-state index contributed by atoms with van der Waals surface area (Å²) in [6.45, 7) is 2.83.